The van der Waals surface area contributed by atoms with Crippen molar-refractivity contribution < 1.29 is 0 Å². The summed E-state index contributed by atoms with van der Waals surface area (Å²) in [6.07, 6.45) is 2.90. The number of aryl methyl sites for hydroxylation is 1. The summed E-state index contributed by atoms with van der Waals surface area (Å²) in [5.74, 6) is 1.11. The van der Waals surface area contributed by atoms with E-state index in [1.54, 1.807) is 0 Å². The smallest absolute Gasteiger partial charge is 0.131 e. The Bertz CT molecular complexity index is 245. The van der Waals surface area contributed by atoms with Gasteiger partial charge in [-0.2, -0.15) is 0 Å². The minimum atomic E-state index is 1.00. The van der Waals surface area contributed by atoms with E-state index in [2.05, 4.69) is 36.8 Å². The van der Waals surface area contributed by atoms with E-state index < -0.39 is 0 Å². The minimum Gasteiger partial charge on any atom is -0.360 e. The van der Waals surface area contributed by atoms with Crippen LogP contribution in [0.2, 0.25) is 0 Å². The fourth-order valence-electron chi connectivity index (χ4n) is 1.20. The summed E-state index contributed by atoms with van der Waals surface area (Å²) in [6, 6.07) is 4.13. The summed E-state index contributed by atoms with van der Waals surface area (Å²) >= 11 is 0. The molecule has 1 rings (SSSR count). The van der Waals surface area contributed by atoms with Crippen LogP contribution in [0.1, 0.15) is 19.4 Å². The van der Waals surface area contributed by atoms with Crippen molar-refractivity contribution in [2.45, 2.75) is 20.3 Å². The molecule has 0 aliphatic heterocycles. The molecule has 0 aliphatic rings. The molecule has 0 amide bonds. The van der Waals surface area contributed by atoms with Gasteiger partial charge in [-0.3, -0.25) is 0 Å². The number of aromatic nitrogens is 1. The molecule has 1 aromatic rings. The minimum absolute atomic E-state index is 1.00. The first-order valence-electron chi connectivity index (χ1n) is 4.44. The highest BCUT2D eigenvalue weighted by Crippen LogP contribution is 2.15. The number of pyridine rings is 1. The summed E-state index contributed by atoms with van der Waals surface area (Å²) in [5, 5.41) is 0. The summed E-state index contributed by atoms with van der Waals surface area (Å²) in [4.78, 5) is 6.51. The first-order valence-corrected chi connectivity index (χ1v) is 4.44. The maximum atomic E-state index is 4.35. The Morgan fingerprint density at radius 1 is 1.42 bits per heavy atom. The lowest BCUT2D eigenvalue weighted by Gasteiger charge is -2.18. The molecule has 2 nitrogen and oxygen atoms in total. The van der Waals surface area contributed by atoms with Gasteiger partial charge in [0.1, 0.15) is 5.82 Å². The maximum Gasteiger partial charge on any atom is 0.131 e. The fourth-order valence-corrected chi connectivity index (χ4v) is 1.20. The molecule has 0 N–H and O–H groups in total. The highest BCUT2D eigenvalue weighted by Gasteiger charge is 2.03. The topological polar surface area (TPSA) is 16.1 Å². The van der Waals surface area contributed by atoms with Crippen molar-refractivity contribution in [3.63, 3.8) is 0 Å². The van der Waals surface area contributed by atoms with Gasteiger partial charge in [-0.1, -0.05) is 13.0 Å². The molecule has 0 fully saturated rings. The Hall–Kier alpha value is -1.05. The molecule has 66 valence electrons. The van der Waals surface area contributed by atoms with E-state index >= 15 is 0 Å². The van der Waals surface area contributed by atoms with Gasteiger partial charge < -0.3 is 4.90 Å². The van der Waals surface area contributed by atoms with Gasteiger partial charge in [-0.15, -0.1) is 0 Å². The molecule has 0 atom stereocenters. The number of rotatable bonds is 3. The molecular formula is C10H16N2. The normalized spacial score (nSPS) is 9.92. The number of hydrogen-bond acceptors (Lipinski definition) is 2. The van der Waals surface area contributed by atoms with Gasteiger partial charge in [-0.25, -0.2) is 4.98 Å². The summed E-state index contributed by atoms with van der Waals surface area (Å²) < 4.78 is 0. The molecule has 1 heterocycles. The average molecular weight is 164 g/mol. The van der Waals surface area contributed by atoms with E-state index in [9.17, 15) is 0 Å². The molecule has 0 radical (unpaired) electrons. The molecule has 12 heavy (non-hydrogen) atoms. The number of hydrogen-bond donors (Lipinski definition) is 0. The lowest BCUT2D eigenvalue weighted by Crippen LogP contribution is -2.18. The van der Waals surface area contributed by atoms with Crippen LogP contribution in [-0.4, -0.2) is 18.6 Å². The van der Waals surface area contributed by atoms with Crippen molar-refractivity contribution in [3.05, 3.63) is 23.9 Å². The van der Waals surface area contributed by atoms with Gasteiger partial charge in [-0.05, 0) is 25.0 Å². The van der Waals surface area contributed by atoms with Crippen LogP contribution < -0.4 is 4.90 Å². The van der Waals surface area contributed by atoms with Crippen LogP contribution in [0.3, 0.4) is 0 Å². The van der Waals surface area contributed by atoms with E-state index in [1.807, 2.05) is 12.3 Å². The SMILES string of the molecule is CCc1cccnc1N(C)CC. The van der Waals surface area contributed by atoms with Crippen molar-refractivity contribution in [1.82, 2.24) is 4.98 Å². The van der Waals surface area contributed by atoms with Crippen molar-refractivity contribution in [3.8, 4) is 0 Å². The molecular weight excluding hydrogens is 148 g/mol. The molecule has 0 saturated carbocycles. The highest BCUT2D eigenvalue weighted by molar-refractivity contribution is 5.45. The van der Waals surface area contributed by atoms with Crippen LogP contribution in [-0.2, 0) is 6.42 Å². The average Bonchev–Trinajstić information content (AvgIpc) is 2.16. The predicted octanol–water partition coefficient (Wildman–Crippen LogP) is 2.10. The third kappa shape index (κ3) is 1.76. The zero-order chi connectivity index (χ0) is 8.97. The largest absolute Gasteiger partial charge is 0.360 e. The van der Waals surface area contributed by atoms with Crippen LogP contribution in [0.5, 0.6) is 0 Å². The Morgan fingerprint density at radius 2 is 2.17 bits per heavy atom. The quantitative estimate of drug-likeness (QED) is 0.680. The zero-order valence-corrected chi connectivity index (χ0v) is 8.04. The van der Waals surface area contributed by atoms with Crippen LogP contribution >= 0.6 is 0 Å². The molecule has 2 heteroatoms. The first-order chi connectivity index (χ1) is 5.79. The van der Waals surface area contributed by atoms with Crippen LogP contribution in [0.15, 0.2) is 18.3 Å². The second kappa shape index (κ2) is 4.10. The van der Waals surface area contributed by atoms with Crippen molar-refractivity contribution >= 4 is 5.82 Å². The van der Waals surface area contributed by atoms with Gasteiger partial charge >= 0.3 is 0 Å². The number of nitrogens with zero attached hydrogens (tertiary/aromatic N) is 2. The van der Waals surface area contributed by atoms with Gasteiger partial charge in [0.2, 0.25) is 0 Å². The summed E-state index contributed by atoms with van der Waals surface area (Å²) in [7, 11) is 2.07. The van der Waals surface area contributed by atoms with E-state index in [4.69, 9.17) is 0 Å². The van der Waals surface area contributed by atoms with Gasteiger partial charge in [0, 0.05) is 19.8 Å². The molecule has 0 spiro atoms. The lowest BCUT2D eigenvalue weighted by molar-refractivity contribution is 0.916. The van der Waals surface area contributed by atoms with Crippen molar-refractivity contribution in [1.29, 1.82) is 0 Å². The Labute approximate surface area is 74.2 Å². The van der Waals surface area contributed by atoms with Crippen LogP contribution in [0, 0.1) is 0 Å². The van der Waals surface area contributed by atoms with Crippen LogP contribution in [0.25, 0.3) is 0 Å². The molecule has 0 bridgehead atoms. The van der Waals surface area contributed by atoms with Crippen molar-refractivity contribution in [2.24, 2.45) is 0 Å². The van der Waals surface area contributed by atoms with E-state index in [0.717, 1.165) is 18.8 Å². The third-order valence-electron chi connectivity index (χ3n) is 2.08. The van der Waals surface area contributed by atoms with Crippen LogP contribution in [0.4, 0.5) is 5.82 Å². The zero-order valence-electron chi connectivity index (χ0n) is 8.04. The maximum absolute atomic E-state index is 4.35. The van der Waals surface area contributed by atoms with E-state index in [-0.39, 0.29) is 0 Å². The molecule has 0 saturated heterocycles. The molecule has 0 aromatic carbocycles. The second-order valence-corrected chi connectivity index (χ2v) is 2.85. The second-order valence-electron chi connectivity index (χ2n) is 2.85. The third-order valence-corrected chi connectivity index (χ3v) is 2.08. The summed E-state index contributed by atoms with van der Waals surface area (Å²) in [6.45, 7) is 5.29. The Morgan fingerprint density at radius 3 is 2.75 bits per heavy atom. The molecule has 0 unspecified atom stereocenters. The van der Waals surface area contributed by atoms with Crippen molar-refractivity contribution in [2.75, 3.05) is 18.5 Å². The molecule has 1 aromatic heterocycles. The summed E-state index contributed by atoms with van der Waals surface area (Å²) in [5.41, 5.74) is 1.32. The van der Waals surface area contributed by atoms with E-state index in [0.29, 0.717) is 0 Å². The highest BCUT2D eigenvalue weighted by atomic mass is 15.2. The number of anilines is 1. The Balaban J connectivity index is 2.96. The van der Waals surface area contributed by atoms with E-state index in [1.165, 1.54) is 5.56 Å². The van der Waals surface area contributed by atoms with Gasteiger partial charge in [0.25, 0.3) is 0 Å². The Kier molecular flexibility index (Phi) is 3.09. The van der Waals surface area contributed by atoms with Gasteiger partial charge in [0.05, 0.1) is 0 Å². The standard InChI is InChI=1S/C10H16N2/c1-4-9-7-6-8-11-10(9)12(3)5-2/h6-8H,4-5H2,1-3H3. The lowest BCUT2D eigenvalue weighted by atomic mass is 10.2. The molecule has 0 aliphatic carbocycles. The van der Waals surface area contributed by atoms with Gasteiger partial charge in [0.15, 0.2) is 0 Å². The fraction of sp³-hybridized carbons (Fsp3) is 0.500. The predicted molar refractivity (Wildman–Crippen MR) is 52.6 cm³/mol. The monoisotopic (exact) mass is 164 g/mol. The first kappa shape index (κ1) is 9.04.